The second kappa shape index (κ2) is 7.57. The molecule has 0 amide bonds. The van der Waals surface area contributed by atoms with E-state index >= 15 is 0 Å². The molecule has 0 fully saturated rings. The summed E-state index contributed by atoms with van der Waals surface area (Å²) in [6.45, 7) is 1.78. The second-order valence-corrected chi connectivity index (χ2v) is 7.84. The van der Waals surface area contributed by atoms with Gasteiger partial charge < -0.3 is 15.0 Å². The van der Waals surface area contributed by atoms with E-state index in [0.29, 0.717) is 0 Å². The van der Waals surface area contributed by atoms with Crippen molar-refractivity contribution in [2.45, 2.75) is 12.6 Å². The monoisotopic (exact) mass is 420 g/mol. The van der Waals surface area contributed by atoms with E-state index in [2.05, 4.69) is 63.4 Å². The van der Waals surface area contributed by atoms with Crippen LogP contribution in [0.15, 0.2) is 17.6 Å². The zero-order valence-electron chi connectivity index (χ0n) is 12.8. The molecule has 116 valence electrons. The summed E-state index contributed by atoms with van der Waals surface area (Å²) in [6, 6.07) is 2.29. The van der Waals surface area contributed by atoms with Gasteiger partial charge in [0.2, 0.25) is 0 Å². The lowest BCUT2D eigenvalue weighted by molar-refractivity contribution is 0.361. The van der Waals surface area contributed by atoms with Crippen LogP contribution in [0.1, 0.15) is 17.3 Å². The van der Waals surface area contributed by atoms with Gasteiger partial charge in [-0.2, -0.15) is 5.10 Å². The maximum Gasteiger partial charge on any atom is 0.161 e. The third-order valence-corrected chi connectivity index (χ3v) is 5.11. The van der Waals surface area contributed by atoms with Gasteiger partial charge in [-0.3, -0.25) is 4.68 Å². The Hall–Kier alpha value is -0.640. The SMILES string of the molecule is CNC(c1csc(I)c1)c1c(OC)cnn1CCN(C)C. The van der Waals surface area contributed by atoms with Crippen molar-refractivity contribution in [1.29, 1.82) is 0 Å². The van der Waals surface area contributed by atoms with Crippen molar-refractivity contribution >= 4 is 33.9 Å². The summed E-state index contributed by atoms with van der Waals surface area (Å²) >= 11 is 4.10. The van der Waals surface area contributed by atoms with Gasteiger partial charge in [0.25, 0.3) is 0 Å². The highest BCUT2D eigenvalue weighted by atomic mass is 127. The van der Waals surface area contributed by atoms with Crippen LogP contribution >= 0.6 is 33.9 Å². The third-order valence-electron chi connectivity index (χ3n) is 3.31. The molecule has 1 unspecified atom stereocenters. The molecule has 0 bridgehead atoms. The van der Waals surface area contributed by atoms with E-state index in [-0.39, 0.29) is 6.04 Å². The van der Waals surface area contributed by atoms with Crippen molar-refractivity contribution in [2.75, 3.05) is 34.8 Å². The Morgan fingerprint density at radius 1 is 1.52 bits per heavy atom. The van der Waals surface area contributed by atoms with Crippen molar-refractivity contribution < 1.29 is 4.74 Å². The molecule has 2 heterocycles. The van der Waals surface area contributed by atoms with E-state index < -0.39 is 0 Å². The molecule has 0 saturated heterocycles. The van der Waals surface area contributed by atoms with Crippen LogP contribution in [-0.2, 0) is 6.54 Å². The van der Waals surface area contributed by atoms with Gasteiger partial charge in [0, 0.05) is 6.54 Å². The fourth-order valence-electron chi connectivity index (χ4n) is 2.24. The Kier molecular flexibility index (Phi) is 6.03. The average Bonchev–Trinajstić information content (AvgIpc) is 3.05. The van der Waals surface area contributed by atoms with Crippen LogP contribution < -0.4 is 10.1 Å². The first kappa shape index (κ1) is 16.7. The number of nitrogens with one attached hydrogen (secondary N) is 1. The number of ether oxygens (including phenoxy) is 1. The summed E-state index contributed by atoms with van der Waals surface area (Å²) in [5.74, 6) is 0.828. The molecule has 0 radical (unpaired) electrons. The Morgan fingerprint density at radius 3 is 2.81 bits per heavy atom. The topological polar surface area (TPSA) is 42.3 Å². The molecule has 21 heavy (non-hydrogen) atoms. The lowest BCUT2D eigenvalue weighted by atomic mass is 10.1. The van der Waals surface area contributed by atoms with Crippen LogP contribution in [0.3, 0.4) is 0 Å². The van der Waals surface area contributed by atoms with E-state index in [4.69, 9.17) is 4.74 Å². The summed E-state index contributed by atoms with van der Waals surface area (Å²) < 4.78 is 8.82. The molecule has 0 aromatic carbocycles. The molecule has 2 rings (SSSR count). The number of nitrogens with zero attached hydrogens (tertiary/aromatic N) is 3. The first-order valence-electron chi connectivity index (χ1n) is 6.72. The number of rotatable bonds is 7. The molecule has 1 N–H and O–H groups in total. The van der Waals surface area contributed by atoms with E-state index in [9.17, 15) is 0 Å². The summed E-state index contributed by atoms with van der Waals surface area (Å²) in [6.07, 6.45) is 1.80. The number of halogens is 1. The highest BCUT2D eigenvalue weighted by Crippen LogP contribution is 2.32. The molecule has 0 aliphatic carbocycles. The largest absolute Gasteiger partial charge is 0.493 e. The van der Waals surface area contributed by atoms with Crippen molar-refractivity contribution in [1.82, 2.24) is 20.0 Å². The summed E-state index contributed by atoms with van der Waals surface area (Å²) in [4.78, 5) is 2.15. The van der Waals surface area contributed by atoms with Gasteiger partial charge in [0.05, 0.1) is 28.8 Å². The maximum atomic E-state index is 5.51. The quantitative estimate of drug-likeness (QED) is 0.699. The number of hydrogen-bond donors (Lipinski definition) is 1. The highest BCUT2D eigenvalue weighted by molar-refractivity contribution is 14.1. The fourth-order valence-corrected chi connectivity index (χ4v) is 3.63. The van der Waals surface area contributed by atoms with Crippen LogP contribution in [0, 0.1) is 2.88 Å². The third kappa shape index (κ3) is 3.97. The van der Waals surface area contributed by atoms with Gasteiger partial charge in [-0.15, -0.1) is 11.3 Å². The standard InChI is InChI=1S/C14H21IN4OS/c1-16-13(10-7-12(15)21-9-10)14-11(20-4)8-17-19(14)6-5-18(2)3/h7-9,13,16H,5-6H2,1-4H3. The Labute approximate surface area is 143 Å². The van der Waals surface area contributed by atoms with Gasteiger partial charge in [0.15, 0.2) is 5.75 Å². The van der Waals surface area contributed by atoms with E-state index in [1.54, 1.807) is 24.6 Å². The fraction of sp³-hybridized carbons (Fsp3) is 0.500. The minimum Gasteiger partial charge on any atom is -0.493 e. The van der Waals surface area contributed by atoms with Gasteiger partial charge in [-0.05, 0) is 60.7 Å². The van der Waals surface area contributed by atoms with Crippen molar-refractivity contribution in [2.24, 2.45) is 0 Å². The van der Waals surface area contributed by atoms with Crippen LogP contribution in [0.5, 0.6) is 5.75 Å². The van der Waals surface area contributed by atoms with Crippen LogP contribution in [0.2, 0.25) is 0 Å². The molecule has 2 aromatic rings. The normalized spacial score (nSPS) is 12.9. The Bertz CT molecular complexity index is 581. The number of aromatic nitrogens is 2. The van der Waals surface area contributed by atoms with Crippen molar-refractivity contribution in [3.63, 3.8) is 0 Å². The number of thiophene rings is 1. The number of methoxy groups -OCH3 is 1. The molecule has 5 nitrogen and oxygen atoms in total. The van der Waals surface area contributed by atoms with Crippen LogP contribution in [0.25, 0.3) is 0 Å². The summed E-state index contributed by atoms with van der Waals surface area (Å²) in [5, 5.41) is 10.1. The molecular formula is C14H21IN4OS. The predicted octanol–water partition coefficient (Wildman–Crippen LogP) is 2.43. The Morgan fingerprint density at radius 2 is 2.29 bits per heavy atom. The average molecular weight is 420 g/mol. The predicted molar refractivity (Wildman–Crippen MR) is 95.3 cm³/mol. The zero-order valence-corrected chi connectivity index (χ0v) is 15.7. The molecule has 0 spiro atoms. The highest BCUT2D eigenvalue weighted by Gasteiger charge is 2.23. The Balaban J connectivity index is 2.36. The molecule has 0 aliphatic rings. The van der Waals surface area contributed by atoms with E-state index in [1.165, 1.54) is 8.45 Å². The molecule has 0 aliphatic heterocycles. The molecule has 2 aromatic heterocycles. The van der Waals surface area contributed by atoms with Gasteiger partial charge in [-0.25, -0.2) is 0 Å². The van der Waals surface area contributed by atoms with Crippen LogP contribution in [0.4, 0.5) is 0 Å². The molecule has 1 atom stereocenters. The minimum absolute atomic E-state index is 0.0874. The summed E-state index contributed by atoms with van der Waals surface area (Å²) in [7, 11) is 7.80. The summed E-state index contributed by atoms with van der Waals surface area (Å²) in [5.41, 5.74) is 2.33. The van der Waals surface area contributed by atoms with Crippen LogP contribution in [-0.4, -0.2) is 49.5 Å². The van der Waals surface area contributed by atoms with Crippen molar-refractivity contribution in [3.05, 3.63) is 31.8 Å². The van der Waals surface area contributed by atoms with Gasteiger partial charge >= 0.3 is 0 Å². The molecule has 7 heteroatoms. The minimum atomic E-state index is 0.0874. The lowest BCUT2D eigenvalue weighted by Gasteiger charge is -2.19. The number of likely N-dealkylation sites (N-methyl/N-ethyl adjacent to an activating group) is 1. The van der Waals surface area contributed by atoms with Crippen molar-refractivity contribution in [3.8, 4) is 5.75 Å². The smallest absolute Gasteiger partial charge is 0.161 e. The lowest BCUT2D eigenvalue weighted by Crippen LogP contribution is -2.25. The van der Waals surface area contributed by atoms with Gasteiger partial charge in [-0.1, -0.05) is 0 Å². The number of hydrogen-bond acceptors (Lipinski definition) is 5. The van der Waals surface area contributed by atoms with Gasteiger partial charge in [0.1, 0.15) is 5.69 Å². The molecule has 0 saturated carbocycles. The maximum absolute atomic E-state index is 5.51. The first-order valence-corrected chi connectivity index (χ1v) is 8.68. The zero-order chi connectivity index (χ0) is 15.4. The van der Waals surface area contributed by atoms with E-state index in [1.807, 2.05) is 11.7 Å². The second-order valence-electron chi connectivity index (χ2n) is 5.03. The van der Waals surface area contributed by atoms with E-state index in [0.717, 1.165) is 24.5 Å². The molecular weight excluding hydrogens is 399 g/mol. The first-order chi connectivity index (χ1) is 10.1.